The van der Waals surface area contributed by atoms with Crippen LogP contribution in [0.15, 0.2) is 40.9 Å². The van der Waals surface area contributed by atoms with E-state index in [-0.39, 0.29) is 18.0 Å². The number of carbonyl (C=O) groups is 1. The molecule has 0 fully saturated rings. The second-order valence-electron chi connectivity index (χ2n) is 4.91. The molecule has 0 atom stereocenters. The molecule has 7 nitrogen and oxygen atoms in total. The van der Waals surface area contributed by atoms with Crippen molar-refractivity contribution in [2.75, 3.05) is 19.0 Å². The second kappa shape index (κ2) is 7.78. The summed E-state index contributed by atoms with van der Waals surface area (Å²) in [6.07, 6.45) is 0. The molecule has 8 heteroatoms. The molecule has 0 aromatic heterocycles. The molecule has 2 aromatic carbocycles. The molecule has 2 rings (SSSR count). The Hall–Kier alpha value is -2.61. The minimum absolute atomic E-state index is 0.121. The van der Waals surface area contributed by atoms with E-state index in [1.165, 1.54) is 25.3 Å². The summed E-state index contributed by atoms with van der Waals surface area (Å²) < 4.78 is 11.3. The number of hydrogen-bond acceptors (Lipinski definition) is 5. The molecule has 1 amide bonds. The summed E-state index contributed by atoms with van der Waals surface area (Å²) in [5.41, 5.74) is 1.28. The Morgan fingerprint density at radius 1 is 1.25 bits per heavy atom. The van der Waals surface area contributed by atoms with Gasteiger partial charge in [-0.05, 0) is 46.6 Å². The zero-order chi connectivity index (χ0) is 17.7. The average molecular weight is 395 g/mol. The monoisotopic (exact) mass is 394 g/mol. The number of carbonyl (C=O) groups excluding carboxylic acids is 1. The maximum absolute atomic E-state index is 12.0. The fraction of sp³-hybridized carbons (Fsp3) is 0.188. The van der Waals surface area contributed by atoms with Crippen LogP contribution in [-0.4, -0.2) is 24.5 Å². The third-order valence-electron chi connectivity index (χ3n) is 3.12. The van der Waals surface area contributed by atoms with E-state index in [0.29, 0.717) is 11.4 Å². The van der Waals surface area contributed by atoms with Crippen LogP contribution in [0.5, 0.6) is 11.5 Å². The number of nitrogens with zero attached hydrogens (tertiary/aromatic N) is 1. The maximum atomic E-state index is 12.0. The van der Waals surface area contributed by atoms with Crippen LogP contribution in [0.1, 0.15) is 5.56 Å². The summed E-state index contributed by atoms with van der Waals surface area (Å²) in [4.78, 5) is 22.2. The van der Waals surface area contributed by atoms with Crippen molar-refractivity contribution in [1.29, 1.82) is 0 Å². The van der Waals surface area contributed by atoms with Crippen molar-refractivity contribution in [2.45, 2.75) is 6.92 Å². The van der Waals surface area contributed by atoms with Crippen LogP contribution in [0.2, 0.25) is 0 Å². The van der Waals surface area contributed by atoms with E-state index in [9.17, 15) is 14.9 Å². The Bertz CT molecular complexity index is 779. The highest BCUT2D eigenvalue weighted by atomic mass is 79.9. The molecule has 0 saturated heterocycles. The second-order valence-corrected chi connectivity index (χ2v) is 5.77. The maximum Gasteiger partial charge on any atom is 0.273 e. The van der Waals surface area contributed by atoms with Gasteiger partial charge in [-0.2, -0.15) is 0 Å². The molecule has 0 saturated carbocycles. The number of nitro groups is 1. The Morgan fingerprint density at radius 2 is 2.00 bits per heavy atom. The van der Waals surface area contributed by atoms with Gasteiger partial charge in [-0.1, -0.05) is 6.07 Å². The standard InChI is InChI=1S/C16H15BrN2O5/c1-10-3-6-14(12(17)7-10)24-9-16(20)18-13-5-4-11(19(21)22)8-15(13)23-2/h3-8H,9H2,1-2H3,(H,18,20). The molecule has 126 valence electrons. The minimum Gasteiger partial charge on any atom is -0.494 e. The molecule has 0 bridgehead atoms. The van der Waals surface area contributed by atoms with Gasteiger partial charge in [-0.25, -0.2) is 0 Å². The first-order chi connectivity index (χ1) is 11.4. The number of nitrogens with one attached hydrogen (secondary N) is 1. The first-order valence-corrected chi connectivity index (χ1v) is 7.71. The first-order valence-electron chi connectivity index (χ1n) is 6.92. The van der Waals surface area contributed by atoms with Gasteiger partial charge in [-0.3, -0.25) is 14.9 Å². The predicted octanol–water partition coefficient (Wildman–Crippen LogP) is 3.69. The van der Waals surface area contributed by atoms with Crippen LogP contribution in [0.4, 0.5) is 11.4 Å². The van der Waals surface area contributed by atoms with E-state index in [0.717, 1.165) is 10.0 Å². The molecule has 0 unspecified atom stereocenters. The number of rotatable bonds is 6. The average Bonchev–Trinajstić information content (AvgIpc) is 2.54. The molecule has 0 heterocycles. The van der Waals surface area contributed by atoms with Gasteiger partial charge in [0.05, 0.1) is 28.3 Å². The SMILES string of the molecule is COc1cc([N+](=O)[O-])ccc1NC(=O)COc1ccc(C)cc1Br. The molecule has 0 spiro atoms. The highest BCUT2D eigenvalue weighted by Crippen LogP contribution is 2.29. The van der Waals surface area contributed by atoms with E-state index >= 15 is 0 Å². The van der Waals surface area contributed by atoms with Gasteiger partial charge >= 0.3 is 0 Å². The molecular formula is C16H15BrN2O5. The summed E-state index contributed by atoms with van der Waals surface area (Å²) in [6, 6.07) is 9.46. The van der Waals surface area contributed by atoms with Crippen LogP contribution in [0.25, 0.3) is 0 Å². The van der Waals surface area contributed by atoms with E-state index in [1.807, 2.05) is 19.1 Å². The van der Waals surface area contributed by atoms with Gasteiger partial charge < -0.3 is 14.8 Å². The predicted molar refractivity (Wildman–Crippen MR) is 92.7 cm³/mol. The fourth-order valence-electron chi connectivity index (χ4n) is 1.95. The molecular weight excluding hydrogens is 380 g/mol. The number of methoxy groups -OCH3 is 1. The fourth-order valence-corrected chi connectivity index (χ4v) is 2.56. The number of halogens is 1. The smallest absolute Gasteiger partial charge is 0.273 e. The van der Waals surface area contributed by atoms with Crippen molar-refractivity contribution >= 4 is 33.2 Å². The number of non-ortho nitro benzene ring substituents is 1. The molecule has 0 aliphatic heterocycles. The Morgan fingerprint density at radius 3 is 2.62 bits per heavy atom. The number of hydrogen-bond donors (Lipinski definition) is 1. The zero-order valence-corrected chi connectivity index (χ0v) is 14.6. The van der Waals surface area contributed by atoms with Gasteiger partial charge in [0.25, 0.3) is 11.6 Å². The van der Waals surface area contributed by atoms with Gasteiger partial charge in [0.2, 0.25) is 0 Å². The largest absolute Gasteiger partial charge is 0.494 e. The van der Waals surface area contributed by atoms with Crippen molar-refractivity contribution < 1.29 is 19.2 Å². The van der Waals surface area contributed by atoms with Crippen molar-refractivity contribution in [3.8, 4) is 11.5 Å². The summed E-state index contributed by atoms with van der Waals surface area (Å²) in [5, 5.41) is 13.4. The third kappa shape index (κ3) is 4.45. The Kier molecular flexibility index (Phi) is 5.75. The van der Waals surface area contributed by atoms with Crippen molar-refractivity contribution in [3.63, 3.8) is 0 Å². The summed E-state index contributed by atoms with van der Waals surface area (Å²) in [5.74, 6) is 0.343. The minimum atomic E-state index is -0.536. The summed E-state index contributed by atoms with van der Waals surface area (Å²) in [7, 11) is 1.37. The molecule has 2 aromatic rings. The van der Waals surface area contributed by atoms with Crippen LogP contribution in [-0.2, 0) is 4.79 Å². The van der Waals surface area contributed by atoms with Gasteiger partial charge in [0, 0.05) is 6.07 Å². The highest BCUT2D eigenvalue weighted by Gasteiger charge is 2.14. The van der Waals surface area contributed by atoms with Crippen molar-refractivity contribution in [1.82, 2.24) is 0 Å². The topological polar surface area (TPSA) is 90.7 Å². The van der Waals surface area contributed by atoms with Crippen LogP contribution in [0, 0.1) is 17.0 Å². The molecule has 1 N–H and O–H groups in total. The van der Waals surface area contributed by atoms with Crippen molar-refractivity contribution in [3.05, 3.63) is 56.5 Å². The first kappa shape index (κ1) is 17.7. The van der Waals surface area contributed by atoms with Crippen molar-refractivity contribution in [2.24, 2.45) is 0 Å². The van der Waals surface area contributed by atoms with E-state index in [2.05, 4.69) is 21.2 Å². The highest BCUT2D eigenvalue weighted by molar-refractivity contribution is 9.10. The molecule has 24 heavy (non-hydrogen) atoms. The van der Waals surface area contributed by atoms with Gasteiger partial charge in [0.15, 0.2) is 6.61 Å². The number of anilines is 1. The number of amides is 1. The van der Waals surface area contributed by atoms with E-state index in [1.54, 1.807) is 6.07 Å². The lowest BCUT2D eigenvalue weighted by Crippen LogP contribution is -2.20. The van der Waals surface area contributed by atoms with E-state index < -0.39 is 10.8 Å². The van der Waals surface area contributed by atoms with E-state index in [4.69, 9.17) is 9.47 Å². The Labute approximate surface area is 146 Å². The zero-order valence-electron chi connectivity index (χ0n) is 13.0. The summed E-state index contributed by atoms with van der Waals surface area (Å²) in [6.45, 7) is 1.74. The van der Waals surface area contributed by atoms with Crippen LogP contribution >= 0.6 is 15.9 Å². The third-order valence-corrected chi connectivity index (χ3v) is 3.74. The van der Waals surface area contributed by atoms with Gasteiger partial charge in [-0.15, -0.1) is 0 Å². The Balaban J connectivity index is 2.03. The normalized spacial score (nSPS) is 10.1. The van der Waals surface area contributed by atoms with Crippen LogP contribution in [0.3, 0.4) is 0 Å². The molecule has 0 aliphatic carbocycles. The number of ether oxygens (including phenoxy) is 2. The number of nitro benzene ring substituents is 1. The van der Waals surface area contributed by atoms with Gasteiger partial charge in [0.1, 0.15) is 11.5 Å². The quantitative estimate of drug-likeness (QED) is 0.595. The lowest BCUT2D eigenvalue weighted by Gasteiger charge is -2.11. The lowest BCUT2D eigenvalue weighted by molar-refractivity contribution is -0.384. The number of benzene rings is 2. The summed E-state index contributed by atoms with van der Waals surface area (Å²) >= 11 is 3.37. The molecule has 0 aliphatic rings. The molecule has 0 radical (unpaired) electrons. The lowest BCUT2D eigenvalue weighted by atomic mass is 10.2. The number of aryl methyl sites for hydroxylation is 1. The van der Waals surface area contributed by atoms with Crippen LogP contribution < -0.4 is 14.8 Å².